The molecule has 2 heterocycles. The highest BCUT2D eigenvalue weighted by molar-refractivity contribution is 7.18. The molecule has 3 rings (SSSR count). The molecule has 0 atom stereocenters. The van der Waals surface area contributed by atoms with Crippen LogP contribution < -0.4 is 5.32 Å². The number of nitriles is 1. The third-order valence-electron chi connectivity index (χ3n) is 4.15. The Morgan fingerprint density at radius 3 is 2.72 bits per heavy atom. The van der Waals surface area contributed by atoms with Crippen LogP contribution in [0.3, 0.4) is 0 Å². The van der Waals surface area contributed by atoms with E-state index in [0.29, 0.717) is 5.56 Å². The number of hydrogen-bond acceptors (Lipinski definition) is 7. The SMILES string of the molecule is COC(=O)c1sc(NC(=O)c2c(-c3c(F)cccc3Cl)noc2C)c(C#N)c1C. The number of aryl methyl sites for hydroxylation is 1. The number of anilines is 1. The predicted molar refractivity (Wildman–Crippen MR) is 105 cm³/mol. The average Bonchev–Trinajstić information content (AvgIpc) is 3.20. The highest BCUT2D eigenvalue weighted by atomic mass is 35.5. The number of hydrogen-bond donors (Lipinski definition) is 1. The van der Waals surface area contributed by atoms with Crippen molar-refractivity contribution in [3.8, 4) is 17.3 Å². The molecule has 0 fully saturated rings. The molecule has 0 bridgehead atoms. The second-order valence-electron chi connectivity index (χ2n) is 5.88. The van der Waals surface area contributed by atoms with Gasteiger partial charge in [-0.05, 0) is 31.5 Å². The van der Waals surface area contributed by atoms with E-state index in [0.717, 1.165) is 11.3 Å². The number of nitrogens with zero attached hydrogens (tertiary/aromatic N) is 2. The van der Waals surface area contributed by atoms with Gasteiger partial charge >= 0.3 is 5.97 Å². The quantitative estimate of drug-likeness (QED) is 0.596. The van der Waals surface area contributed by atoms with Crippen molar-refractivity contribution in [3.05, 3.63) is 56.4 Å². The number of carbonyl (C=O) groups is 2. The Morgan fingerprint density at radius 2 is 2.10 bits per heavy atom. The summed E-state index contributed by atoms with van der Waals surface area (Å²) in [6.45, 7) is 3.07. The monoisotopic (exact) mass is 433 g/mol. The number of carbonyl (C=O) groups excluding carboxylic acids is 2. The van der Waals surface area contributed by atoms with E-state index in [1.165, 1.54) is 32.2 Å². The summed E-state index contributed by atoms with van der Waals surface area (Å²) in [5, 5.41) is 16.0. The van der Waals surface area contributed by atoms with Gasteiger partial charge in [-0.25, -0.2) is 9.18 Å². The van der Waals surface area contributed by atoms with Crippen molar-refractivity contribution in [1.82, 2.24) is 5.16 Å². The van der Waals surface area contributed by atoms with E-state index >= 15 is 0 Å². The fourth-order valence-corrected chi connectivity index (χ4v) is 4.05. The lowest BCUT2D eigenvalue weighted by Gasteiger charge is -2.06. The lowest BCUT2D eigenvalue weighted by molar-refractivity contribution is 0.0605. The molecule has 7 nitrogen and oxygen atoms in total. The van der Waals surface area contributed by atoms with E-state index in [2.05, 4.69) is 10.5 Å². The number of halogens is 2. The number of rotatable bonds is 4. The smallest absolute Gasteiger partial charge is 0.348 e. The Morgan fingerprint density at radius 1 is 1.38 bits per heavy atom. The van der Waals surface area contributed by atoms with Gasteiger partial charge in [0.25, 0.3) is 5.91 Å². The summed E-state index contributed by atoms with van der Waals surface area (Å²) in [6.07, 6.45) is 0. The molecular formula is C19H13ClFN3O4S. The Bertz CT molecular complexity index is 1160. The van der Waals surface area contributed by atoms with Crippen molar-refractivity contribution in [2.45, 2.75) is 13.8 Å². The standard InChI is InChI=1S/C19H13ClFN3O4S/c1-8-10(7-22)18(29-16(8)19(26)27-3)23-17(25)13-9(2)28-24-15(13)14-11(20)5-4-6-12(14)21/h4-6H,1-3H3,(H,23,25). The van der Waals surface area contributed by atoms with Crippen LogP contribution in [0.25, 0.3) is 11.3 Å². The fourth-order valence-electron chi connectivity index (χ4n) is 2.72. The van der Waals surface area contributed by atoms with Crippen molar-refractivity contribution in [2.75, 3.05) is 12.4 Å². The molecule has 1 N–H and O–H groups in total. The Hall–Kier alpha value is -3.22. The molecule has 2 aromatic heterocycles. The largest absolute Gasteiger partial charge is 0.465 e. The molecule has 0 saturated carbocycles. The van der Waals surface area contributed by atoms with Crippen LogP contribution >= 0.6 is 22.9 Å². The Kier molecular flexibility index (Phi) is 5.68. The first-order valence-corrected chi connectivity index (χ1v) is 9.33. The summed E-state index contributed by atoms with van der Waals surface area (Å²) in [4.78, 5) is 25.0. The van der Waals surface area contributed by atoms with Gasteiger partial charge in [-0.3, -0.25) is 4.79 Å². The highest BCUT2D eigenvalue weighted by Gasteiger charge is 2.28. The van der Waals surface area contributed by atoms with Crippen LogP contribution in [0, 0.1) is 31.0 Å². The number of benzene rings is 1. The molecule has 0 aliphatic heterocycles. The van der Waals surface area contributed by atoms with Crippen LogP contribution in [0.1, 0.15) is 36.9 Å². The number of ether oxygens (including phenoxy) is 1. The van der Waals surface area contributed by atoms with Gasteiger partial charge in [-0.2, -0.15) is 5.26 Å². The van der Waals surface area contributed by atoms with Crippen molar-refractivity contribution in [2.24, 2.45) is 0 Å². The summed E-state index contributed by atoms with van der Waals surface area (Å²) in [6, 6.07) is 6.04. The summed E-state index contributed by atoms with van der Waals surface area (Å²) < 4.78 is 24.1. The van der Waals surface area contributed by atoms with Gasteiger partial charge in [0.1, 0.15) is 38.8 Å². The van der Waals surface area contributed by atoms with E-state index in [9.17, 15) is 19.2 Å². The second-order valence-corrected chi connectivity index (χ2v) is 7.30. The summed E-state index contributed by atoms with van der Waals surface area (Å²) in [7, 11) is 1.22. The van der Waals surface area contributed by atoms with Crippen LogP contribution in [0.15, 0.2) is 22.7 Å². The number of esters is 1. The first-order valence-electron chi connectivity index (χ1n) is 8.13. The minimum Gasteiger partial charge on any atom is -0.465 e. The molecule has 0 aliphatic rings. The molecule has 1 amide bonds. The normalized spacial score (nSPS) is 10.5. The van der Waals surface area contributed by atoms with Gasteiger partial charge in [0.05, 0.1) is 23.3 Å². The van der Waals surface area contributed by atoms with Crippen molar-refractivity contribution in [1.29, 1.82) is 5.26 Å². The molecular weight excluding hydrogens is 421 g/mol. The molecule has 3 aromatic rings. The maximum absolute atomic E-state index is 14.3. The maximum Gasteiger partial charge on any atom is 0.348 e. The fraction of sp³-hybridized carbons (Fsp3) is 0.158. The van der Waals surface area contributed by atoms with E-state index in [-0.39, 0.29) is 43.0 Å². The van der Waals surface area contributed by atoms with Gasteiger partial charge in [-0.1, -0.05) is 22.8 Å². The van der Waals surface area contributed by atoms with Gasteiger partial charge in [0.15, 0.2) is 0 Å². The average molecular weight is 434 g/mol. The van der Waals surface area contributed by atoms with Crippen molar-refractivity contribution in [3.63, 3.8) is 0 Å². The van der Waals surface area contributed by atoms with Crippen LogP contribution in [0.2, 0.25) is 5.02 Å². The molecule has 29 heavy (non-hydrogen) atoms. The van der Waals surface area contributed by atoms with E-state index in [1.807, 2.05) is 6.07 Å². The zero-order valence-electron chi connectivity index (χ0n) is 15.4. The molecule has 0 radical (unpaired) electrons. The summed E-state index contributed by atoms with van der Waals surface area (Å²) in [5.41, 5.74) is 0.339. The van der Waals surface area contributed by atoms with Crippen molar-refractivity contribution < 1.29 is 23.2 Å². The first-order chi connectivity index (χ1) is 13.8. The van der Waals surface area contributed by atoms with Gasteiger partial charge in [-0.15, -0.1) is 11.3 Å². The predicted octanol–water partition coefficient (Wildman–Crippen LogP) is 4.72. The van der Waals surface area contributed by atoms with E-state index in [1.54, 1.807) is 6.92 Å². The van der Waals surface area contributed by atoms with Crippen molar-refractivity contribution >= 4 is 39.8 Å². The van der Waals surface area contributed by atoms with E-state index < -0.39 is 17.7 Å². The number of aromatic nitrogens is 1. The number of amides is 1. The number of thiophene rings is 1. The molecule has 0 spiro atoms. The topological polar surface area (TPSA) is 105 Å². The molecule has 0 aliphatic carbocycles. The van der Waals surface area contributed by atoms with Crippen LogP contribution in [0.5, 0.6) is 0 Å². The van der Waals surface area contributed by atoms with E-state index in [4.69, 9.17) is 20.9 Å². The molecule has 10 heteroatoms. The van der Waals surface area contributed by atoms with Gasteiger partial charge in [0, 0.05) is 0 Å². The summed E-state index contributed by atoms with van der Waals surface area (Å²) in [5.74, 6) is -1.84. The highest BCUT2D eigenvalue weighted by Crippen LogP contribution is 2.36. The zero-order chi connectivity index (χ0) is 21.3. The first kappa shape index (κ1) is 20.5. The molecule has 1 aromatic carbocycles. The Labute approximate surface area is 173 Å². The van der Waals surface area contributed by atoms with Gasteiger partial charge in [0.2, 0.25) is 0 Å². The number of nitrogens with one attached hydrogen (secondary N) is 1. The number of methoxy groups -OCH3 is 1. The molecule has 0 unspecified atom stereocenters. The minimum atomic E-state index is -0.688. The third kappa shape index (κ3) is 3.60. The van der Waals surface area contributed by atoms with Crippen LogP contribution in [0.4, 0.5) is 9.39 Å². The lowest BCUT2D eigenvalue weighted by atomic mass is 10.0. The lowest BCUT2D eigenvalue weighted by Crippen LogP contribution is -2.13. The molecule has 0 saturated heterocycles. The minimum absolute atomic E-state index is 0.0356. The van der Waals surface area contributed by atoms with Gasteiger partial charge < -0.3 is 14.6 Å². The zero-order valence-corrected chi connectivity index (χ0v) is 17.0. The Balaban J connectivity index is 2.06. The second kappa shape index (κ2) is 8.03. The third-order valence-corrected chi connectivity index (χ3v) is 5.65. The summed E-state index contributed by atoms with van der Waals surface area (Å²) >= 11 is 6.99. The van der Waals surface area contributed by atoms with Crippen LogP contribution in [-0.4, -0.2) is 24.1 Å². The van der Waals surface area contributed by atoms with Crippen LogP contribution in [-0.2, 0) is 4.74 Å². The molecule has 148 valence electrons. The maximum atomic E-state index is 14.3.